The molecule has 0 unspecified atom stereocenters. The molecule has 0 radical (unpaired) electrons. The average Bonchev–Trinajstić information content (AvgIpc) is 2.87. The largest absolute Gasteiger partial charge is 0.492 e. The van der Waals surface area contributed by atoms with Crippen molar-refractivity contribution in [1.82, 2.24) is 5.32 Å². The molecule has 0 bridgehead atoms. The number of hydrogen-bond donors (Lipinski definition) is 1. The third-order valence-corrected chi connectivity index (χ3v) is 4.06. The molecule has 1 aromatic rings. The molecule has 2 nitrogen and oxygen atoms in total. The van der Waals surface area contributed by atoms with Crippen molar-refractivity contribution in [3.63, 3.8) is 0 Å². The lowest BCUT2D eigenvalue weighted by molar-refractivity contribution is 0.252. The van der Waals surface area contributed by atoms with Crippen LogP contribution in [0.25, 0.3) is 0 Å². The summed E-state index contributed by atoms with van der Waals surface area (Å²) in [5, 5.41) is 4.18. The Morgan fingerprint density at radius 1 is 1.25 bits per heavy atom. The molecule has 20 heavy (non-hydrogen) atoms. The summed E-state index contributed by atoms with van der Waals surface area (Å²) < 4.78 is 5.87. The van der Waals surface area contributed by atoms with Crippen LogP contribution in [0.2, 0.25) is 5.02 Å². The van der Waals surface area contributed by atoms with Crippen LogP contribution in [0.4, 0.5) is 0 Å². The van der Waals surface area contributed by atoms with E-state index in [1.165, 1.54) is 31.2 Å². The molecule has 0 aliphatic heterocycles. The molecule has 1 aliphatic rings. The standard InChI is InChI=1S/C17H26ClNO/c1-17(2,3)19-11-14-8-9-16(15(18)10-14)20-12-13-6-4-5-7-13/h8-10,13,19H,4-7,11-12H2,1-3H3. The Kier molecular flexibility index (Phi) is 5.34. The lowest BCUT2D eigenvalue weighted by Gasteiger charge is -2.21. The maximum absolute atomic E-state index is 6.31. The van der Waals surface area contributed by atoms with Gasteiger partial charge in [0.05, 0.1) is 11.6 Å². The third-order valence-electron chi connectivity index (χ3n) is 3.77. The number of benzene rings is 1. The Morgan fingerprint density at radius 3 is 2.55 bits per heavy atom. The van der Waals surface area contributed by atoms with Gasteiger partial charge >= 0.3 is 0 Å². The van der Waals surface area contributed by atoms with Gasteiger partial charge in [0.15, 0.2) is 0 Å². The molecule has 3 heteroatoms. The summed E-state index contributed by atoms with van der Waals surface area (Å²) in [6, 6.07) is 6.09. The SMILES string of the molecule is CC(C)(C)NCc1ccc(OCC2CCCC2)c(Cl)c1. The van der Waals surface area contributed by atoms with Gasteiger partial charge in [-0.3, -0.25) is 0 Å². The van der Waals surface area contributed by atoms with Crippen LogP contribution in [0, 0.1) is 5.92 Å². The highest BCUT2D eigenvalue weighted by Gasteiger charge is 2.16. The summed E-state index contributed by atoms with van der Waals surface area (Å²) in [5.74, 6) is 1.53. The van der Waals surface area contributed by atoms with Gasteiger partial charge in [0.1, 0.15) is 5.75 Å². The number of hydrogen-bond acceptors (Lipinski definition) is 2. The van der Waals surface area contributed by atoms with Crippen molar-refractivity contribution in [2.75, 3.05) is 6.61 Å². The van der Waals surface area contributed by atoms with Crippen molar-refractivity contribution in [2.45, 2.75) is 58.5 Å². The zero-order chi connectivity index (χ0) is 14.6. The maximum Gasteiger partial charge on any atom is 0.137 e. The van der Waals surface area contributed by atoms with Crippen LogP contribution in [0.1, 0.15) is 52.0 Å². The van der Waals surface area contributed by atoms with Gasteiger partial charge in [-0.25, -0.2) is 0 Å². The smallest absolute Gasteiger partial charge is 0.137 e. The minimum atomic E-state index is 0.115. The molecule has 1 fully saturated rings. The molecule has 2 rings (SSSR count). The van der Waals surface area contributed by atoms with Crippen LogP contribution < -0.4 is 10.1 Å². The van der Waals surface area contributed by atoms with E-state index < -0.39 is 0 Å². The Bertz CT molecular complexity index is 433. The zero-order valence-corrected chi connectivity index (χ0v) is 13.6. The summed E-state index contributed by atoms with van der Waals surface area (Å²) >= 11 is 6.31. The second-order valence-corrected chi connectivity index (χ2v) is 7.24. The van der Waals surface area contributed by atoms with E-state index in [1.807, 2.05) is 12.1 Å². The first-order valence-electron chi connectivity index (χ1n) is 7.60. The van der Waals surface area contributed by atoms with E-state index in [1.54, 1.807) is 0 Å². The average molecular weight is 296 g/mol. The molecular formula is C17H26ClNO. The Hall–Kier alpha value is -0.730. The van der Waals surface area contributed by atoms with E-state index in [9.17, 15) is 0 Å². The third kappa shape index (κ3) is 4.99. The van der Waals surface area contributed by atoms with Crippen molar-refractivity contribution in [2.24, 2.45) is 5.92 Å². The van der Waals surface area contributed by atoms with Gasteiger partial charge in [-0.2, -0.15) is 0 Å². The summed E-state index contributed by atoms with van der Waals surface area (Å²) in [6.07, 6.45) is 5.29. The van der Waals surface area contributed by atoms with Gasteiger partial charge in [0.2, 0.25) is 0 Å². The lowest BCUT2D eigenvalue weighted by atomic mass is 10.1. The molecule has 0 saturated heterocycles. The van der Waals surface area contributed by atoms with Crippen LogP contribution in [-0.2, 0) is 6.54 Å². The summed E-state index contributed by atoms with van der Waals surface area (Å²) in [5.41, 5.74) is 1.31. The predicted molar refractivity (Wildman–Crippen MR) is 85.5 cm³/mol. The molecule has 0 spiro atoms. The van der Waals surface area contributed by atoms with Gasteiger partial charge in [-0.15, -0.1) is 0 Å². The minimum absolute atomic E-state index is 0.115. The quantitative estimate of drug-likeness (QED) is 0.843. The van der Waals surface area contributed by atoms with Crippen molar-refractivity contribution in [3.05, 3.63) is 28.8 Å². The Balaban J connectivity index is 1.88. The van der Waals surface area contributed by atoms with Gasteiger partial charge in [0.25, 0.3) is 0 Å². The van der Waals surface area contributed by atoms with E-state index in [-0.39, 0.29) is 5.54 Å². The highest BCUT2D eigenvalue weighted by molar-refractivity contribution is 6.32. The number of ether oxygens (including phenoxy) is 1. The van der Waals surface area contributed by atoms with Crippen molar-refractivity contribution in [3.8, 4) is 5.75 Å². The number of nitrogens with one attached hydrogen (secondary N) is 1. The highest BCUT2D eigenvalue weighted by Crippen LogP contribution is 2.29. The molecule has 0 heterocycles. The van der Waals surface area contributed by atoms with Crippen molar-refractivity contribution < 1.29 is 4.74 Å². The van der Waals surface area contributed by atoms with Crippen molar-refractivity contribution >= 4 is 11.6 Å². The molecule has 1 saturated carbocycles. The molecule has 1 aliphatic carbocycles. The molecule has 1 aromatic carbocycles. The summed E-state index contributed by atoms with van der Waals surface area (Å²) in [7, 11) is 0. The number of rotatable bonds is 5. The van der Waals surface area contributed by atoms with E-state index >= 15 is 0 Å². The van der Waals surface area contributed by atoms with E-state index in [0.29, 0.717) is 5.92 Å². The highest BCUT2D eigenvalue weighted by atomic mass is 35.5. The fourth-order valence-corrected chi connectivity index (χ4v) is 2.78. The normalized spacial score (nSPS) is 16.6. The molecule has 0 amide bonds. The molecule has 1 N–H and O–H groups in total. The second kappa shape index (κ2) is 6.82. The van der Waals surface area contributed by atoms with Crippen LogP contribution in [0.15, 0.2) is 18.2 Å². The molecule has 0 atom stereocenters. The van der Waals surface area contributed by atoms with Crippen LogP contribution in [0.5, 0.6) is 5.75 Å². The van der Waals surface area contributed by atoms with E-state index in [2.05, 4.69) is 32.2 Å². The second-order valence-electron chi connectivity index (χ2n) is 6.83. The predicted octanol–water partition coefficient (Wildman–Crippen LogP) is 4.80. The number of halogens is 1. The fourth-order valence-electron chi connectivity index (χ4n) is 2.52. The van der Waals surface area contributed by atoms with Crippen LogP contribution in [0.3, 0.4) is 0 Å². The van der Waals surface area contributed by atoms with Crippen molar-refractivity contribution in [1.29, 1.82) is 0 Å². The van der Waals surface area contributed by atoms with Gasteiger partial charge in [-0.1, -0.05) is 30.5 Å². The van der Waals surface area contributed by atoms with Gasteiger partial charge in [-0.05, 0) is 57.2 Å². The first-order valence-corrected chi connectivity index (χ1v) is 7.98. The van der Waals surface area contributed by atoms with Crippen LogP contribution in [-0.4, -0.2) is 12.1 Å². The topological polar surface area (TPSA) is 21.3 Å². The minimum Gasteiger partial charge on any atom is -0.492 e. The molecular weight excluding hydrogens is 270 g/mol. The van der Waals surface area contributed by atoms with Crippen LogP contribution >= 0.6 is 11.6 Å². The summed E-state index contributed by atoms with van der Waals surface area (Å²) in [4.78, 5) is 0. The first-order chi connectivity index (χ1) is 9.44. The fraction of sp³-hybridized carbons (Fsp3) is 0.647. The maximum atomic E-state index is 6.31. The molecule has 112 valence electrons. The Labute approximate surface area is 127 Å². The zero-order valence-electron chi connectivity index (χ0n) is 12.8. The van der Waals surface area contributed by atoms with E-state index in [0.717, 1.165) is 23.9 Å². The molecule has 0 aromatic heterocycles. The monoisotopic (exact) mass is 295 g/mol. The van der Waals surface area contributed by atoms with Gasteiger partial charge < -0.3 is 10.1 Å². The first kappa shape index (κ1) is 15.7. The lowest BCUT2D eigenvalue weighted by Crippen LogP contribution is -2.35. The van der Waals surface area contributed by atoms with E-state index in [4.69, 9.17) is 16.3 Å². The summed E-state index contributed by atoms with van der Waals surface area (Å²) in [6.45, 7) is 8.11. The van der Waals surface area contributed by atoms with Gasteiger partial charge in [0, 0.05) is 12.1 Å². The Morgan fingerprint density at radius 2 is 1.95 bits per heavy atom.